The average molecular weight is 262 g/mol. The second-order valence-electron chi connectivity index (χ2n) is 4.10. The van der Waals surface area contributed by atoms with Gasteiger partial charge in [0, 0.05) is 12.8 Å². The second kappa shape index (κ2) is 5.94. The number of unbranched alkanes of at least 4 members (excludes halogenated alkanes) is 1. The number of aromatic nitrogens is 4. The van der Waals surface area contributed by atoms with Gasteiger partial charge in [0.15, 0.2) is 5.82 Å². The molecule has 1 aromatic carbocycles. The Morgan fingerprint density at radius 2 is 2.05 bits per heavy atom. The molecule has 0 unspecified atom stereocenters. The van der Waals surface area contributed by atoms with E-state index in [2.05, 4.69) is 15.5 Å². The van der Waals surface area contributed by atoms with E-state index in [9.17, 15) is 9.90 Å². The fourth-order valence-corrected chi connectivity index (χ4v) is 1.75. The van der Waals surface area contributed by atoms with Gasteiger partial charge in [0.05, 0.1) is 0 Å². The molecule has 0 radical (unpaired) electrons. The number of carbonyl (C=O) groups is 1. The first-order chi connectivity index (χ1) is 9.18. The molecule has 7 heteroatoms. The van der Waals surface area contributed by atoms with E-state index in [1.807, 2.05) is 0 Å². The highest BCUT2D eigenvalue weighted by molar-refractivity contribution is 5.66. The SMILES string of the molecule is O=C(O)CCCCc1nnnn1-c1ccccc1O. The highest BCUT2D eigenvalue weighted by Crippen LogP contribution is 2.20. The first-order valence-electron chi connectivity index (χ1n) is 5.96. The van der Waals surface area contributed by atoms with Crippen LogP contribution in [0.5, 0.6) is 5.75 Å². The largest absolute Gasteiger partial charge is 0.506 e. The summed E-state index contributed by atoms with van der Waals surface area (Å²) in [6, 6.07) is 6.78. The van der Waals surface area contributed by atoms with Gasteiger partial charge in [-0.05, 0) is 35.4 Å². The molecular formula is C12H14N4O3. The average Bonchev–Trinajstić information content (AvgIpc) is 2.83. The van der Waals surface area contributed by atoms with Gasteiger partial charge in [0.1, 0.15) is 11.4 Å². The number of phenolic OH excluding ortho intramolecular Hbond substituents is 1. The van der Waals surface area contributed by atoms with Crippen molar-refractivity contribution in [2.24, 2.45) is 0 Å². The molecule has 0 saturated carbocycles. The van der Waals surface area contributed by atoms with Crippen LogP contribution in [0.1, 0.15) is 25.1 Å². The molecule has 0 aliphatic carbocycles. The van der Waals surface area contributed by atoms with Crippen molar-refractivity contribution in [2.45, 2.75) is 25.7 Å². The Hall–Kier alpha value is -2.44. The number of carboxylic acids is 1. The number of tetrazole rings is 1. The maximum atomic E-state index is 10.4. The fraction of sp³-hybridized carbons (Fsp3) is 0.333. The molecule has 2 rings (SSSR count). The summed E-state index contributed by atoms with van der Waals surface area (Å²) in [5.41, 5.74) is 0.515. The molecule has 0 bridgehead atoms. The Kier molecular flexibility index (Phi) is 4.07. The molecule has 0 aliphatic rings. The zero-order chi connectivity index (χ0) is 13.7. The van der Waals surface area contributed by atoms with Crippen molar-refractivity contribution in [3.8, 4) is 11.4 Å². The molecule has 0 spiro atoms. The number of hydrogen-bond acceptors (Lipinski definition) is 5. The summed E-state index contributed by atoms with van der Waals surface area (Å²) < 4.78 is 1.47. The third kappa shape index (κ3) is 3.27. The van der Waals surface area contributed by atoms with Crippen molar-refractivity contribution < 1.29 is 15.0 Å². The number of para-hydroxylation sites is 2. The number of aryl methyl sites for hydroxylation is 1. The molecule has 100 valence electrons. The van der Waals surface area contributed by atoms with Crippen LogP contribution < -0.4 is 0 Å². The van der Waals surface area contributed by atoms with Crippen LogP contribution in [0.15, 0.2) is 24.3 Å². The van der Waals surface area contributed by atoms with Gasteiger partial charge >= 0.3 is 5.97 Å². The lowest BCUT2D eigenvalue weighted by Crippen LogP contribution is -2.04. The van der Waals surface area contributed by atoms with Gasteiger partial charge in [-0.25, -0.2) is 0 Å². The Labute approximate surface area is 109 Å². The Balaban J connectivity index is 2.06. The Bertz CT molecular complexity index is 568. The fourth-order valence-electron chi connectivity index (χ4n) is 1.75. The Morgan fingerprint density at radius 1 is 1.26 bits per heavy atom. The molecular weight excluding hydrogens is 248 g/mol. The van der Waals surface area contributed by atoms with Gasteiger partial charge in [-0.2, -0.15) is 4.68 Å². The van der Waals surface area contributed by atoms with E-state index in [-0.39, 0.29) is 12.2 Å². The zero-order valence-corrected chi connectivity index (χ0v) is 10.2. The minimum Gasteiger partial charge on any atom is -0.506 e. The van der Waals surface area contributed by atoms with E-state index in [1.165, 1.54) is 4.68 Å². The van der Waals surface area contributed by atoms with Crippen LogP contribution in [-0.2, 0) is 11.2 Å². The maximum absolute atomic E-state index is 10.4. The summed E-state index contributed by atoms with van der Waals surface area (Å²) in [6.45, 7) is 0. The van der Waals surface area contributed by atoms with Crippen LogP contribution in [0.25, 0.3) is 5.69 Å². The molecule has 1 heterocycles. The minimum atomic E-state index is -0.805. The predicted molar refractivity (Wildman–Crippen MR) is 66.0 cm³/mol. The standard InChI is InChI=1S/C12H14N4O3/c17-10-6-2-1-5-9(10)16-11(13-14-15-16)7-3-4-8-12(18)19/h1-2,5-6,17H,3-4,7-8H2,(H,18,19). The van der Waals surface area contributed by atoms with Crippen molar-refractivity contribution in [1.29, 1.82) is 0 Å². The lowest BCUT2D eigenvalue weighted by molar-refractivity contribution is -0.137. The van der Waals surface area contributed by atoms with Crippen LogP contribution >= 0.6 is 0 Å². The van der Waals surface area contributed by atoms with Crippen LogP contribution in [0.3, 0.4) is 0 Å². The lowest BCUT2D eigenvalue weighted by Gasteiger charge is -2.05. The summed E-state index contributed by atoms with van der Waals surface area (Å²) in [5, 5.41) is 29.6. The number of hydrogen-bond donors (Lipinski definition) is 2. The number of benzene rings is 1. The number of aliphatic carboxylic acids is 1. The van der Waals surface area contributed by atoms with Crippen molar-refractivity contribution in [2.75, 3.05) is 0 Å². The van der Waals surface area contributed by atoms with Gasteiger partial charge in [-0.3, -0.25) is 4.79 Å². The van der Waals surface area contributed by atoms with Crippen molar-refractivity contribution >= 4 is 5.97 Å². The minimum absolute atomic E-state index is 0.0987. The number of aromatic hydroxyl groups is 1. The molecule has 0 fully saturated rings. The molecule has 2 aromatic rings. The van der Waals surface area contributed by atoms with Crippen LogP contribution in [-0.4, -0.2) is 36.4 Å². The van der Waals surface area contributed by atoms with Crippen molar-refractivity contribution in [3.63, 3.8) is 0 Å². The second-order valence-corrected chi connectivity index (χ2v) is 4.10. The Morgan fingerprint density at radius 3 is 2.79 bits per heavy atom. The van der Waals surface area contributed by atoms with Gasteiger partial charge in [0.2, 0.25) is 0 Å². The zero-order valence-electron chi connectivity index (χ0n) is 10.2. The van der Waals surface area contributed by atoms with Crippen LogP contribution in [0, 0.1) is 0 Å². The quantitative estimate of drug-likeness (QED) is 0.758. The van der Waals surface area contributed by atoms with E-state index in [0.717, 1.165) is 0 Å². The monoisotopic (exact) mass is 262 g/mol. The maximum Gasteiger partial charge on any atom is 0.303 e. The van der Waals surface area contributed by atoms with Gasteiger partial charge < -0.3 is 10.2 Å². The first-order valence-corrected chi connectivity index (χ1v) is 5.96. The first kappa shape index (κ1) is 13.0. The number of nitrogens with zero attached hydrogens (tertiary/aromatic N) is 4. The van der Waals surface area contributed by atoms with E-state index >= 15 is 0 Å². The summed E-state index contributed by atoms with van der Waals surface area (Å²) in [7, 11) is 0. The number of rotatable bonds is 6. The highest BCUT2D eigenvalue weighted by Gasteiger charge is 2.11. The lowest BCUT2D eigenvalue weighted by atomic mass is 10.2. The number of phenols is 1. The third-order valence-electron chi connectivity index (χ3n) is 2.69. The molecule has 0 amide bonds. The summed E-state index contributed by atoms with van der Waals surface area (Å²) in [6.07, 6.45) is 1.95. The van der Waals surface area contributed by atoms with Gasteiger partial charge in [-0.15, -0.1) is 5.10 Å². The van der Waals surface area contributed by atoms with Crippen molar-refractivity contribution in [1.82, 2.24) is 20.2 Å². The van der Waals surface area contributed by atoms with Crippen molar-refractivity contribution in [3.05, 3.63) is 30.1 Å². The summed E-state index contributed by atoms with van der Waals surface area (Å²) in [4.78, 5) is 10.4. The topological polar surface area (TPSA) is 101 Å². The van der Waals surface area contributed by atoms with E-state index in [4.69, 9.17) is 5.11 Å². The van der Waals surface area contributed by atoms with E-state index < -0.39 is 5.97 Å². The molecule has 0 aliphatic heterocycles. The van der Waals surface area contributed by atoms with Gasteiger partial charge in [0.25, 0.3) is 0 Å². The van der Waals surface area contributed by atoms with E-state index in [1.54, 1.807) is 24.3 Å². The third-order valence-corrected chi connectivity index (χ3v) is 2.69. The molecule has 7 nitrogen and oxygen atoms in total. The molecule has 19 heavy (non-hydrogen) atoms. The smallest absolute Gasteiger partial charge is 0.303 e. The predicted octanol–water partition coefficient (Wildman–Crippen LogP) is 1.17. The molecule has 2 N–H and O–H groups in total. The molecule has 0 atom stereocenters. The summed E-state index contributed by atoms with van der Waals surface area (Å²) in [5.74, 6) is -0.103. The summed E-state index contributed by atoms with van der Waals surface area (Å²) >= 11 is 0. The number of carboxylic acid groups (broad SMARTS) is 1. The highest BCUT2D eigenvalue weighted by atomic mass is 16.4. The van der Waals surface area contributed by atoms with Gasteiger partial charge in [-0.1, -0.05) is 12.1 Å². The van der Waals surface area contributed by atoms with E-state index in [0.29, 0.717) is 30.8 Å². The normalized spacial score (nSPS) is 10.5. The van der Waals surface area contributed by atoms with Crippen LogP contribution in [0.4, 0.5) is 0 Å². The molecule has 0 saturated heterocycles. The molecule has 1 aromatic heterocycles. The van der Waals surface area contributed by atoms with Crippen LogP contribution in [0.2, 0.25) is 0 Å².